The number of carbonyl (C=O) groups excluding carboxylic acids is 7. The van der Waals surface area contributed by atoms with Crippen LogP contribution in [0.4, 0.5) is 127 Å². The predicted molar refractivity (Wildman–Crippen MR) is 346 cm³/mol. The fourth-order valence-electron chi connectivity index (χ4n) is 20.8. The molecule has 704 valence electrons. The molecule has 18 aliphatic rings. The number of halogens is 34. The van der Waals surface area contributed by atoms with Crippen molar-refractivity contribution >= 4 is 99.8 Å². The lowest BCUT2D eigenvalue weighted by atomic mass is 9.39. The van der Waals surface area contributed by atoms with Gasteiger partial charge in [-0.2, -0.15) is 105 Å². The number of hydrogen-bond acceptors (Lipinski definition) is 21. The molecule has 12 unspecified atom stereocenters. The summed E-state index contributed by atoms with van der Waals surface area (Å²) in [5.74, 6) is -95.7. The minimum atomic E-state index is -7.87. The maximum absolute atomic E-state index is 14.8. The summed E-state index contributed by atoms with van der Waals surface area (Å²) in [5, 5.41) is 9.45. The van der Waals surface area contributed by atoms with Gasteiger partial charge in [-0.25, -0.2) is 22.0 Å². The lowest BCUT2D eigenvalue weighted by Crippen LogP contribution is -3.10. The third-order valence-electron chi connectivity index (χ3n) is 26.0. The average molecular weight is 1950 g/mol. The summed E-state index contributed by atoms with van der Waals surface area (Å²) in [6.45, 7) is -1.72. The van der Waals surface area contributed by atoms with Gasteiger partial charge in [-0.1, -0.05) is 0 Å². The van der Waals surface area contributed by atoms with Crippen LogP contribution in [0.1, 0.15) is 71.6 Å². The third-order valence-corrected chi connectivity index (χ3v) is 27.1. The first-order valence-corrected chi connectivity index (χ1v) is 39.4. The van der Waals surface area contributed by atoms with Gasteiger partial charge in [0.1, 0.15) is 80.7 Å². The van der Waals surface area contributed by atoms with Crippen LogP contribution in [0.5, 0.6) is 0 Å². The quantitative estimate of drug-likeness (QED) is 0.0277. The van der Waals surface area contributed by atoms with Gasteiger partial charge in [0, 0.05) is 5.92 Å². The van der Waals surface area contributed by atoms with Gasteiger partial charge in [-0.3, -0.25) is 33.6 Å². The van der Waals surface area contributed by atoms with Crippen molar-refractivity contribution in [2.45, 2.75) is 230 Å². The zero-order valence-electron chi connectivity index (χ0n) is 62.4. The van der Waals surface area contributed by atoms with Crippen LogP contribution >= 0.6 is 58.0 Å². The predicted octanol–water partition coefficient (Wildman–Crippen LogP) is 12.4. The molecule has 0 spiro atoms. The van der Waals surface area contributed by atoms with Crippen LogP contribution in [-0.2, 0) is 95.1 Å². The first kappa shape index (κ1) is 99.0. The van der Waals surface area contributed by atoms with Gasteiger partial charge in [0.05, 0.1) is 62.7 Å². The highest BCUT2D eigenvalue weighted by atomic mass is 35.5. The first-order valence-electron chi connectivity index (χ1n) is 36.8. The van der Waals surface area contributed by atoms with Crippen molar-refractivity contribution in [3.8, 4) is 0 Å². The Balaban J connectivity index is 0.000000153. The average Bonchev–Trinajstić information content (AvgIpc) is 1.11. The molecule has 1 N–H and O–H groups in total. The molecule has 4 heterocycles. The summed E-state index contributed by atoms with van der Waals surface area (Å²) >= 11 is 25.8. The number of carbonyl (C=O) groups is 7. The zero-order chi connectivity index (χ0) is 92.7. The molecule has 0 aromatic carbocycles. The number of alkyl halides is 34. The van der Waals surface area contributed by atoms with Gasteiger partial charge in [0.2, 0.25) is 0 Å². The number of ether oxygens (including phenoxy) is 13. The number of hydrogen-bond donors (Lipinski definition) is 1. The van der Waals surface area contributed by atoms with Gasteiger partial charge in [0.15, 0.2) is 6.10 Å². The van der Waals surface area contributed by atoms with Crippen molar-refractivity contribution in [2.24, 2.45) is 46.8 Å². The van der Waals surface area contributed by atoms with E-state index in [0.717, 1.165) is 30.6 Å². The molecule has 4 aliphatic heterocycles. The normalized spacial score (nSPS) is 42.0. The summed E-state index contributed by atoms with van der Waals surface area (Å²) in [5.41, 5.74) is -59.2. The van der Waals surface area contributed by atoms with E-state index in [1.807, 2.05) is 0 Å². The van der Waals surface area contributed by atoms with E-state index in [0.29, 0.717) is 43.5 Å². The van der Waals surface area contributed by atoms with Crippen molar-refractivity contribution < 1.29 is 228 Å². The van der Waals surface area contributed by atoms with Crippen LogP contribution in [0.25, 0.3) is 0 Å². The van der Waals surface area contributed by atoms with Crippen molar-refractivity contribution in [2.75, 3.05) is 95.5 Å². The van der Waals surface area contributed by atoms with Gasteiger partial charge in [-0.05, 0) is 101 Å². The highest BCUT2D eigenvalue weighted by Gasteiger charge is 3.25. The monoisotopic (exact) mass is 1950 g/mol. The van der Waals surface area contributed by atoms with E-state index >= 15 is 0 Å². The Bertz CT molecular complexity index is 3610. The second-order valence-electron chi connectivity index (χ2n) is 32.2. The third kappa shape index (κ3) is 12.1. The fourth-order valence-corrected chi connectivity index (χ4v) is 21.2. The number of aliphatic hydroxyl groups is 1. The van der Waals surface area contributed by atoms with Gasteiger partial charge < -0.3 is 66.7 Å². The Labute approximate surface area is 697 Å². The molecular formula is C68H68Cl5F29O21. The molecule has 123 heavy (non-hydrogen) atoms. The Kier molecular flexibility index (Phi) is 25.4. The van der Waals surface area contributed by atoms with Gasteiger partial charge in [0.25, 0.3) is 16.8 Å². The van der Waals surface area contributed by atoms with Gasteiger partial charge >= 0.3 is 141 Å². The van der Waals surface area contributed by atoms with Crippen LogP contribution < -0.4 is 0 Å². The SMILES string of the molecule is CC(C)(OCCOC(=O)CCl)C12CC3CC(CC(C3)C1)C2.O=C(CCl)OCCOC12C(F)(F)C3(F)C(F)(F)C(F)(C(F)(F)C(F)(C3(F)F)C1(F)F)C2(F)F.O=C(CCl)OCCOC12C(F)(F)C3(O)C(F)(F)C(F)(C(F)(F)C(F)(C3(F)F)C1(F)F)C2(F)F.O=C(CCl)OCCOC1C2CC3C(=O)OC1C3C2.O=C(CCl)OCCOC1C2CC3C(=O)OC1C3O2. The van der Waals surface area contributed by atoms with Crippen LogP contribution in [0.15, 0.2) is 0 Å². The number of fused-ring (bicyclic) bond motifs is 2. The second kappa shape index (κ2) is 31.6. The topological polar surface area (TPSA) is 260 Å². The van der Waals surface area contributed by atoms with Crippen molar-refractivity contribution in [1.82, 2.24) is 0 Å². The summed E-state index contributed by atoms with van der Waals surface area (Å²) in [4.78, 5) is 77.3. The van der Waals surface area contributed by atoms with Crippen LogP contribution in [0.2, 0.25) is 0 Å². The molecule has 0 radical (unpaired) electrons. The molecule has 14 saturated carbocycles. The Morgan fingerprint density at radius 1 is 0.366 bits per heavy atom. The molecule has 18 fully saturated rings. The van der Waals surface area contributed by atoms with E-state index < -0.39 is 178 Å². The zero-order valence-corrected chi connectivity index (χ0v) is 66.2. The largest absolute Gasteiger partial charge is 0.462 e. The summed E-state index contributed by atoms with van der Waals surface area (Å²) in [6.07, 6.45) is 10.0. The molecule has 0 aromatic heterocycles. The molecular weight excluding hydrogens is 1880 g/mol. The van der Waals surface area contributed by atoms with Crippen LogP contribution in [0, 0.1) is 46.8 Å². The fraction of sp³-hybridized carbons (Fsp3) is 0.897. The maximum Gasteiger partial charge on any atom is 0.339 e. The molecule has 12 atom stereocenters. The smallest absolute Gasteiger partial charge is 0.339 e. The van der Waals surface area contributed by atoms with Crippen molar-refractivity contribution in [3.05, 3.63) is 0 Å². The Morgan fingerprint density at radius 3 is 1.03 bits per heavy atom. The van der Waals surface area contributed by atoms with E-state index in [4.69, 9.17) is 101 Å². The molecule has 18 rings (SSSR count). The maximum atomic E-state index is 14.8. The second-order valence-corrected chi connectivity index (χ2v) is 33.6. The van der Waals surface area contributed by atoms with Gasteiger partial charge in [-0.15, -0.1) is 58.0 Å². The Hall–Kier alpha value is -4.57. The minimum Gasteiger partial charge on any atom is -0.462 e. The van der Waals surface area contributed by atoms with E-state index in [9.17, 15) is 166 Å². The standard InChI is InChI=1S/C17H27ClO3.C14H6ClF15O3.C14H7ClF14O4.C12H15ClO5.C11H13ClO6/c1-16(2,21-4-3-20-15(19)11-18)17-8-12-5-13(9-17)7-14(6-12)10-17;15-3-4(31)32-1-2-33-8-12(25,26)5(16)9(19,20)6(17,13(8,27)28)11(23,24)7(18,10(5,21)22)14(8,29)30;15-3-4(30)32-1-2-33-8-12(24,25)5(16)9(18,19)6(17,13(8,26)27)11(22,23)7(31,10(5,20)21)14(8,28)29;13-5-9(14)16-1-2-17-10-6-3-7-8(4-6)12(15)18-11(7)10;12-4-7(13)15-1-2-16-9-6-3-5-8(17-6)10(9)18-11(5)14/h12-14H,3-11H2,1-2H3;1-3H2;31H,1-3H2;6-8,10-11H,1-5H2;5-6,8-10H,1-4H2. The summed E-state index contributed by atoms with van der Waals surface area (Å²) in [6, 6.07) is 0. The molecule has 0 amide bonds. The molecule has 16 bridgehead atoms. The Morgan fingerprint density at radius 2 is 0.675 bits per heavy atom. The molecule has 4 saturated heterocycles. The highest BCUT2D eigenvalue weighted by molar-refractivity contribution is 6.27. The van der Waals surface area contributed by atoms with Crippen molar-refractivity contribution in [3.63, 3.8) is 0 Å². The summed E-state index contributed by atoms with van der Waals surface area (Å²) < 4.78 is 484. The first-order chi connectivity index (χ1) is 56.3. The van der Waals surface area contributed by atoms with E-state index in [-0.39, 0.29) is 109 Å². The van der Waals surface area contributed by atoms with E-state index in [1.54, 1.807) is 0 Å². The summed E-state index contributed by atoms with van der Waals surface area (Å²) in [7, 11) is 0. The highest BCUT2D eigenvalue weighted by Crippen LogP contribution is 2.91. The van der Waals surface area contributed by atoms with E-state index in [2.05, 4.69) is 32.8 Å². The lowest BCUT2D eigenvalue weighted by Gasteiger charge is -2.75. The van der Waals surface area contributed by atoms with Crippen molar-refractivity contribution in [1.29, 1.82) is 0 Å². The molecule has 14 aliphatic carbocycles. The molecule has 55 heteroatoms. The van der Waals surface area contributed by atoms with Crippen LogP contribution in [0.3, 0.4) is 0 Å². The number of esters is 7. The molecule has 0 aromatic rings. The number of rotatable bonds is 26. The minimum absolute atomic E-state index is 0.0209. The van der Waals surface area contributed by atoms with Crippen LogP contribution in [-0.4, -0.2) is 301 Å². The molecule has 21 nitrogen and oxygen atoms in total. The van der Waals surface area contributed by atoms with E-state index in [1.165, 1.54) is 38.5 Å². The lowest BCUT2D eigenvalue weighted by molar-refractivity contribution is -0.627.